The van der Waals surface area contributed by atoms with Gasteiger partial charge in [0, 0.05) is 0 Å². The molecule has 0 aromatic heterocycles. The van der Waals surface area contributed by atoms with Crippen molar-refractivity contribution < 1.29 is 0 Å². The third-order valence-electron chi connectivity index (χ3n) is 3.12. The Bertz CT molecular complexity index is 658. The molecule has 0 spiro atoms. The van der Waals surface area contributed by atoms with Crippen molar-refractivity contribution >= 4 is 5.57 Å². The quantitative estimate of drug-likeness (QED) is 0.768. The summed E-state index contributed by atoms with van der Waals surface area (Å²) in [6, 6.07) is 23.7. The Kier molecular flexibility index (Phi) is 4.70. The molecule has 2 heteroatoms. The van der Waals surface area contributed by atoms with Crippen molar-refractivity contribution in [1.29, 1.82) is 10.5 Å². The molecule has 1 unspecified atom stereocenters. The highest BCUT2D eigenvalue weighted by atomic mass is 14.3. The molecule has 0 aliphatic heterocycles. The highest BCUT2D eigenvalue weighted by molar-refractivity contribution is 5.76. The number of hydrogen-bond acceptors (Lipinski definition) is 2. The standard InChI is InChI=1S/C18H14N2/c19-13-17(15-7-3-1-4-8-15)11-12-18(14-20)16-9-5-2-6-10-16/h1-11,18H,12H2/b17-11-. The summed E-state index contributed by atoms with van der Waals surface area (Å²) in [6.45, 7) is 0. The molecule has 20 heavy (non-hydrogen) atoms. The molecule has 2 nitrogen and oxygen atoms in total. The van der Waals surface area contributed by atoms with Crippen LogP contribution in [0, 0.1) is 22.7 Å². The smallest absolute Gasteiger partial charge is 0.0994 e. The monoisotopic (exact) mass is 258 g/mol. The third-order valence-corrected chi connectivity index (χ3v) is 3.12. The van der Waals surface area contributed by atoms with E-state index in [9.17, 15) is 10.5 Å². The summed E-state index contributed by atoms with van der Waals surface area (Å²) in [5.74, 6) is -0.219. The second kappa shape index (κ2) is 6.92. The molecule has 2 rings (SSSR count). The van der Waals surface area contributed by atoms with Gasteiger partial charge in [-0.05, 0) is 17.5 Å². The Balaban J connectivity index is 2.19. The fourth-order valence-electron chi connectivity index (χ4n) is 2.03. The fourth-order valence-corrected chi connectivity index (χ4v) is 2.03. The Morgan fingerprint density at radius 2 is 1.55 bits per heavy atom. The van der Waals surface area contributed by atoms with Crippen molar-refractivity contribution in [3.8, 4) is 12.1 Å². The maximum absolute atomic E-state index is 9.27. The van der Waals surface area contributed by atoms with Gasteiger partial charge in [-0.2, -0.15) is 10.5 Å². The lowest BCUT2D eigenvalue weighted by Crippen LogP contribution is -1.94. The molecule has 0 radical (unpaired) electrons. The third kappa shape index (κ3) is 3.34. The van der Waals surface area contributed by atoms with Crippen molar-refractivity contribution in [3.63, 3.8) is 0 Å². The van der Waals surface area contributed by atoms with E-state index in [2.05, 4.69) is 12.1 Å². The first-order valence-electron chi connectivity index (χ1n) is 6.45. The van der Waals surface area contributed by atoms with Crippen molar-refractivity contribution in [2.45, 2.75) is 12.3 Å². The average molecular weight is 258 g/mol. The molecule has 0 N–H and O–H groups in total. The summed E-state index contributed by atoms with van der Waals surface area (Å²) in [5.41, 5.74) is 2.48. The SMILES string of the molecule is N#C/C(=C/CC(C#N)c1ccccc1)c1ccccc1. The van der Waals surface area contributed by atoms with E-state index in [0.717, 1.165) is 11.1 Å². The zero-order valence-corrected chi connectivity index (χ0v) is 11.0. The molecule has 0 saturated heterocycles. The van der Waals surface area contributed by atoms with Gasteiger partial charge in [-0.15, -0.1) is 0 Å². The summed E-state index contributed by atoms with van der Waals surface area (Å²) in [7, 11) is 0. The zero-order valence-electron chi connectivity index (χ0n) is 11.0. The summed E-state index contributed by atoms with van der Waals surface area (Å²) in [4.78, 5) is 0. The molecule has 0 bridgehead atoms. The fraction of sp³-hybridized carbons (Fsp3) is 0.111. The topological polar surface area (TPSA) is 47.6 Å². The average Bonchev–Trinajstić information content (AvgIpc) is 2.53. The van der Waals surface area contributed by atoms with E-state index in [1.807, 2.05) is 66.7 Å². The van der Waals surface area contributed by atoms with Crippen LogP contribution < -0.4 is 0 Å². The first-order valence-corrected chi connectivity index (χ1v) is 6.45. The van der Waals surface area contributed by atoms with Crippen molar-refractivity contribution in [3.05, 3.63) is 77.9 Å². The summed E-state index contributed by atoms with van der Waals surface area (Å²) in [5, 5.41) is 18.5. The Labute approximate surface area is 119 Å². The second-order valence-electron chi connectivity index (χ2n) is 4.42. The molecule has 0 heterocycles. The van der Waals surface area contributed by atoms with E-state index in [1.54, 1.807) is 0 Å². The van der Waals surface area contributed by atoms with Gasteiger partial charge in [0.05, 0.1) is 23.6 Å². The van der Waals surface area contributed by atoms with Gasteiger partial charge in [0.25, 0.3) is 0 Å². The maximum Gasteiger partial charge on any atom is 0.0994 e. The van der Waals surface area contributed by atoms with E-state index in [4.69, 9.17) is 0 Å². The van der Waals surface area contributed by atoms with Crippen molar-refractivity contribution in [1.82, 2.24) is 0 Å². The number of hydrogen-bond donors (Lipinski definition) is 0. The van der Waals surface area contributed by atoms with E-state index in [-0.39, 0.29) is 5.92 Å². The van der Waals surface area contributed by atoms with Gasteiger partial charge in [-0.3, -0.25) is 0 Å². The van der Waals surface area contributed by atoms with E-state index < -0.39 is 0 Å². The molecule has 0 aliphatic carbocycles. The molecule has 2 aromatic carbocycles. The van der Waals surface area contributed by atoms with Crippen LogP contribution in [0.15, 0.2) is 66.7 Å². The molecular formula is C18H14N2. The molecule has 0 saturated carbocycles. The molecule has 1 atom stereocenters. The van der Waals surface area contributed by atoms with Gasteiger partial charge in [0.15, 0.2) is 0 Å². The van der Waals surface area contributed by atoms with Gasteiger partial charge in [-0.1, -0.05) is 66.7 Å². The van der Waals surface area contributed by atoms with Crippen LogP contribution in [0.3, 0.4) is 0 Å². The Hall–Kier alpha value is -2.84. The predicted octanol–water partition coefficient (Wildman–Crippen LogP) is 4.29. The largest absolute Gasteiger partial charge is 0.198 e. The number of rotatable bonds is 4. The summed E-state index contributed by atoms with van der Waals surface area (Å²) < 4.78 is 0. The number of allylic oxidation sites excluding steroid dienone is 2. The Morgan fingerprint density at radius 1 is 0.950 bits per heavy atom. The maximum atomic E-state index is 9.27. The molecule has 0 aliphatic rings. The van der Waals surface area contributed by atoms with Gasteiger partial charge in [-0.25, -0.2) is 0 Å². The van der Waals surface area contributed by atoms with Crippen molar-refractivity contribution in [2.24, 2.45) is 0 Å². The van der Waals surface area contributed by atoms with Crippen LogP contribution >= 0.6 is 0 Å². The van der Waals surface area contributed by atoms with Crippen LogP contribution in [0.25, 0.3) is 5.57 Å². The normalized spacial score (nSPS) is 12.2. The number of nitriles is 2. The van der Waals surface area contributed by atoms with E-state index in [0.29, 0.717) is 12.0 Å². The highest BCUT2D eigenvalue weighted by Gasteiger charge is 2.09. The van der Waals surface area contributed by atoms with Crippen LogP contribution in [0.2, 0.25) is 0 Å². The lowest BCUT2D eigenvalue weighted by Gasteiger charge is -2.06. The molecule has 96 valence electrons. The number of benzene rings is 2. The van der Waals surface area contributed by atoms with Crippen LogP contribution in [-0.2, 0) is 0 Å². The van der Waals surface area contributed by atoms with E-state index in [1.165, 1.54) is 0 Å². The molecule has 0 amide bonds. The van der Waals surface area contributed by atoms with Gasteiger partial charge in [0.2, 0.25) is 0 Å². The van der Waals surface area contributed by atoms with Crippen LogP contribution in [0.4, 0.5) is 0 Å². The van der Waals surface area contributed by atoms with Gasteiger partial charge < -0.3 is 0 Å². The minimum absolute atomic E-state index is 0.219. The minimum Gasteiger partial charge on any atom is -0.198 e. The summed E-state index contributed by atoms with van der Waals surface area (Å²) >= 11 is 0. The molecular weight excluding hydrogens is 244 g/mol. The van der Waals surface area contributed by atoms with Gasteiger partial charge in [0.1, 0.15) is 0 Å². The minimum atomic E-state index is -0.219. The molecule has 2 aromatic rings. The van der Waals surface area contributed by atoms with E-state index >= 15 is 0 Å². The van der Waals surface area contributed by atoms with Gasteiger partial charge >= 0.3 is 0 Å². The number of nitrogens with zero attached hydrogens (tertiary/aromatic N) is 2. The highest BCUT2D eigenvalue weighted by Crippen LogP contribution is 2.22. The zero-order chi connectivity index (χ0) is 14.2. The molecule has 0 fully saturated rings. The first-order chi connectivity index (χ1) is 9.85. The second-order valence-corrected chi connectivity index (χ2v) is 4.42. The van der Waals surface area contributed by atoms with Crippen LogP contribution in [0.5, 0.6) is 0 Å². The predicted molar refractivity (Wildman–Crippen MR) is 79.4 cm³/mol. The Morgan fingerprint density at radius 3 is 2.10 bits per heavy atom. The lowest BCUT2D eigenvalue weighted by molar-refractivity contribution is 0.879. The van der Waals surface area contributed by atoms with Crippen molar-refractivity contribution in [2.75, 3.05) is 0 Å². The van der Waals surface area contributed by atoms with Crippen LogP contribution in [-0.4, -0.2) is 0 Å². The lowest BCUT2D eigenvalue weighted by atomic mass is 9.95. The first kappa shape index (κ1) is 13.6. The van der Waals surface area contributed by atoms with Crippen LogP contribution in [0.1, 0.15) is 23.5 Å². The summed E-state index contributed by atoms with van der Waals surface area (Å²) in [6.07, 6.45) is 2.38.